The van der Waals surface area contributed by atoms with E-state index >= 15 is 0 Å². The Morgan fingerprint density at radius 1 is 0.489 bits per heavy atom. The zero-order valence-corrected chi connectivity index (χ0v) is 30.4. The van der Waals surface area contributed by atoms with Gasteiger partial charge in [0.15, 0.2) is 0 Å². The maximum absolute atomic E-state index is 11.9. The second kappa shape index (κ2) is 36.7. The quantitative estimate of drug-likeness (QED) is 0.0405. The molecule has 0 amide bonds. The lowest BCUT2D eigenvalue weighted by Crippen LogP contribution is -2.25. The van der Waals surface area contributed by atoms with Gasteiger partial charge in [-0.3, -0.25) is 9.59 Å². The lowest BCUT2D eigenvalue weighted by molar-refractivity contribution is -0.152. The van der Waals surface area contributed by atoms with Gasteiger partial charge in [0.1, 0.15) is 19.3 Å². The first kappa shape index (κ1) is 44.8. The molecule has 0 aliphatic heterocycles. The van der Waals surface area contributed by atoms with Gasteiger partial charge in [0, 0.05) is 12.8 Å². The van der Waals surface area contributed by atoms with E-state index in [1.807, 2.05) is 6.92 Å². The van der Waals surface area contributed by atoms with Crippen LogP contribution in [0.2, 0.25) is 0 Å². The number of rotatable bonds is 34. The third-order valence-corrected chi connectivity index (χ3v) is 8.23. The van der Waals surface area contributed by atoms with Crippen molar-refractivity contribution >= 4 is 11.9 Å². The summed E-state index contributed by atoms with van der Waals surface area (Å²) in [6.45, 7) is 3.97. The standard InChI is InChI=1S/C41H72O6/c1-3-5-6-7-8-9-10-11-12-16-19-22-25-28-31-34-40(44)46-36-39(43)37-47-41(45)35-32-29-26-23-20-17-14-13-15-18-21-24-27-30-33-38(42)4-2/h14-15,17-18,23-24,26-27,38-39,42-43H,3-13,16,19-22,25,28-37H2,1-2H3/b17-14-,18-15-,26-23-,27-24-/t38-,39-/m0/s1. The maximum atomic E-state index is 11.9. The molecule has 0 fully saturated rings. The van der Waals surface area contributed by atoms with Crippen molar-refractivity contribution in [1.29, 1.82) is 0 Å². The Kier molecular flexibility index (Phi) is 35.0. The average Bonchev–Trinajstić information content (AvgIpc) is 3.07. The van der Waals surface area contributed by atoms with Crippen molar-refractivity contribution < 1.29 is 29.3 Å². The summed E-state index contributed by atoms with van der Waals surface area (Å²) < 4.78 is 10.3. The van der Waals surface area contributed by atoms with Crippen LogP contribution in [0.1, 0.15) is 174 Å². The molecule has 0 aliphatic carbocycles. The van der Waals surface area contributed by atoms with Crippen LogP contribution in [0.3, 0.4) is 0 Å². The molecule has 0 aromatic carbocycles. The second-order valence-corrected chi connectivity index (χ2v) is 12.8. The molecule has 0 aromatic rings. The first-order valence-electron chi connectivity index (χ1n) is 19.3. The third-order valence-electron chi connectivity index (χ3n) is 8.23. The van der Waals surface area contributed by atoms with E-state index in [2.05, 4.69) is 55.5 Å². The van der Waals surface area contributed by atoms with Crippen LogP contribution in [0.5, 0.6) is 0 Å². The molecule has 0 saturated heterocycles. The number of hydrogen-bond donors (Lipinski definition) is 2. The van der Waals surface area contributed by atoms with Gasteiger partial charge in [-0.25, -0.2) is 0 Å². The average molecular weight is 661 g/mol. The second-order valence-electron chi connectivity index (χ2n) is 12.8. The Hall–Kier alpha value is -2.18. The van der Waals surface area contributed by atoms with E-state index in [1.165, 1.54) is 77.0 Å². The van der Waals surface area contributed by atoms with Crippen molar-refractivity contribution in [3.8, 4) is 0 Å². The molecule has 6 nitrogen and oxygen atoms in total. The molecule has 0 unspecified atom stereocenters. The van der Waals surface area contributed by atoms with Crippen LogP contribution in [0, 0.1) is 0 Å². The van der Waals surface area contributed by atoms with Crippen LogP contribution in [-0.2, 0) is 19.1 Å². The monoisotopic (exact) mass is 661 g/mol. The summed E-state index contributed by atoms with van der Waals surface area (Å²) in [6.07, 6.45) is 42.5. The highest BCUT2D eigenvalue weighted by molar-refractivity contribution is 5.69. The molecule has 0 saturated carbocycles. The van der Waals surface area contributed by atoms with Crippen LogP contribution < -0.4 is 0 Å². The van der Waals surface area contributed by atoms with E-state index in [9.17, 15) is 19.8 Å². The summed E-state index contributed by atoms with van der Waals surface area (Å²) in [6, 6.07) is 0. The van der Waals surface area contributed by atoms with Crippen molar-refractivity contribution in [3.63, 3.8) is 0 Å². The highest BCUT2D eigenvalue weighted by atomic mass is 16.6. The molecule has 0 spiro atoms. The Labute approximate surface area is 289 Å². The summed E-state index contributed by atoms with van der Waals surface area (Å²) in [4.78, 5) is 23.9. The van der Waals surface area contributed by atoms with Crippen molar-refractivity contribution in [2.45, 2.75) is 187 Å². The molecule has 0 aromatic heterocycles. The minimum absolute atomic E-state index is 0.140. The zero-order chi connectivity index (χ0) is 34.5. The fraction of sp³-hybridized carbons (Fsp3) is 0.756. The number of carbonyl (C=O) groups is 2. The Bertz CT molecular complexity index is 815. The lowest BCUT2D eigenvalue weighted by atomic mass is 10.0. The van der Waals surface area contributed by atoms with E-state index in [-0.39, 0.29) is 31.3 Å². The predicted molar refractivity (Wildman–Crippen MR) is 197 cm³/mol. The Morgan fingerprint density at radius 2 is 0.872 bits per heavy atom. The van der Waals surface area contributed by atoms with E-state index in [0.717, 1.165) is 64.2 Å². The largest absolute Gasteiger partial charge is 0.463 e. The molecule has 47 heavy (non-hydrogen) atoms. The maximum Gasteiger partial charge on any atom is 0.305 e. The molecule has 0 rings (SSSR count). The number of hydrogen-bond acceptors (Lipinski definition) is 6. The fourth-order valence-corrected chi connectivity index (χ4v) is 5.12. The van der Waals surface area contributed by atoms with Crippen LogP contribution in [0.25, 0.3) is 0 Å². The van der Waals surface area contributed by atoms with Gasteiger partial charge < -0.3 is 19.7 Å². The van der Waals surface area contributed by atoms with Gasteiger partial charge in [-0.15, -0.1) is 0 Å². The van der Waals surface area contributed by atoms with E-state index in [0.29, 0.717) is 19.3 Å². The number of allylic oxidation sites excluding steroid dienone is 8. The zero-order valence-electron chi connectivity index (χ0n) is 30.4. The molecule has 2 atom stereocenters. The molecule has 0 radical (unpaired) electrons. The van der Waals surface area contributed by atoms with Gasteiger partial charge in [-0.1, -0.05) is 152 Å². The lowest BCUT2D eigenvalue weighted by Gasteiger charge is -2.12. The van der Waals surface area contributed by atoms with Crippen molar-refractivity contribution in [2.24, 2.45) is 0 Å². The number of aliphatic hydroxyl groups excluding tert-OH is 2. The van der Waals surface area contributed by atoms with Crippen LogP contribution in [0.15, 0.2) is 48.6 Å². The van der Waals surface area contributed by atoms with Gasteiger partial charge >= 0.3 is 11.9 Å². The van der Waals surface area contributed by atoms with Gasteiger partial charge in [-0.2, -0.15) is 0 Å². The number of carbonyl (C=O) groups excluding carboxylic acids is 2. The molecule has 0 aliphatic rings. The SMILES string of the molecule is CCCCCCCCCCCCCCCCCC(=O)OC[C@H](O)COC(=O)CCC/C=C\C/C=C\C/C=C\C/C=C\CC[C@@H](O)CC. The summed E-state index contributed by atoms with van der Waals surface area (Å²) in [5.41, 5.74) is 0. The van der Waals surface area contributed by atoms with Gasteiger partial charge in [0.05, 0.1) is 6.10 Å². The van der Waals surface area contributed by atoms with Crippen molar-refractivity contribution in [2.75, 3.05) is 13.2 Å². The number of unbranched alkanes of at least 4 members (excludes halogenated alkanes) is 15. The van der Waals surface area contributed by atoms with Crippen LogP contribution in [0.4, 0.5) is 0 Å². The summed E-state index contributed by atoms with van der Waals surface area (Å²) in [7, 11) is 0. The fourth-order valence-electron chi connectivity index (χ4n) is 5.12. The smallest absolute Gasteiger partial charge is 0.305 e. The van der Waals surface area contributed by atoms with Gasteiger partial charge in [0.2, 0.25) is 0 Å². The number of ether oxygens (including phenoxy) is 2. The van der Waals surface area contributed by atoms with Gasteiger partial charge in [0.25, 0.3) is 0 Å². The van der Waals surface area contributed by atoms with Crippen molar-refractivity contribution in [3.05, 3.63) is 48.6 Å². The first-order valence-corrected chi connectivity index (χ1v) is 19.3. The number of esters is 2. The molecule has 2 N–H and O–H groups in total. The number of aliphatic hydroxyl groups is 2. The molecule has 272 valence electrons. The van der Waals surface area contributed by atoms with Crippen molar-refractivity contribution in [1.82, 2.24) is 0 Å². The molecule has 6 heteroatoms. The highest BCUT2D eigenvalue weighted by Gasteiger charge is 2.12. The van der Waals surface area contributed by atoms with E-state index < -0.39 is 6.10 Å². The molecular weight excluding hydrogens is 588 g/mol. The molecule has 0 heterocycles. The summed E-state index contributed by atoms with van der Waals surface area (Å²) in [5.74, 6) is -0.645. The summed E-state index contributed by atoms with van der Waals surface area (Å²) >= 11 is 0. The highest BCUT2D eigenvalue weighted by Crippen LogP contribution is 2.14. The van der Waals surface area contributed by atoms with E-state index in [1.54, 1.807) is 0 Å². The predicted octanol–water partition coefficient (Wildman–Crippen LogP) is 10.8. The van der Waals surface area contributed by atoms with Gasteiger partial charge in [-0.05, 0) is 57.8 Å². The minimum atomic E-state index is -0.993. The molecule has 0 bridgehead atoms. The topological polar surface area (TPSA) is 93.1 Å². The van der Waals surface area contributed by atoms with E-state index in [4.69, 9.17) is 9.47 Å². The Morgan fingerprint density at radius 3 is 1.32 bits per heavy atom. The Balaban J connectivity index is 3.55. The third kappa shape index (κ3) is 36.5. The van der Waals surface area contributed by atoms with Crippen LogP contribution in [-0.4, -0.2) is 47.6 Å². The minimum Gasteiger partial charge on any atom is -0.463 e. The normalized spacial score (nSPS) is 13.4. The first-order chi connectivity index (χ1) is 23.0. The van der Waals surface area contributed by atoms with Crippen LogP contribution >= 0.6 is 0 Å². The molecular formula is C41H72O6. The summed E-state index contributed by atoms with van der Waals surface area (Å²) in [5, 5.41) is 19.5.